The van der Waals surface area contributed by atoms with E-state index in [2.05, 4.69) is 25.7 Å². The van der Waals surface area contributed by atoms with Gasteiger partial charge in [0.2, 0.25) is 0 Å². The Morgan fingerprint density at radius 2 is 2.17 bits per heavy atom. The maximum Gasteiger partial charge on any atom is 0.0637 e. The Kier molecular flexibility index (Phi) is 5.18. The van der Waals surface area contributed by atoms with E-state index in [1.54, 1.807) is 7.11 Å². The minimum absolute atomic E-state index is 0.0450. The van der Waals surface area contributed by atoms with E-state index in [9.17, 15) is 0 Å². The quantitative estimate of drug-likeness (QED) is 0.617. The molecular weight excluding hydrogens is 150 g/mol. The lowest BCUT2D eigenvalue weighted by Crippen LogP contribution is -2.35. The molecule has 0 aliphatic rings. The van der Waals surface area contributed by atoms with Crippen LogP contribution in [0.25, 0.3) is 0 Å². The number of hydrogen-bond acceptors (Lipinski definition) is 2. The first-order valence-corrected chi connectivity index (χ1v) is 4.39. The lowest BCUT2D eigenvalue weighted by atomic mass is 9.97. The maximum absolute atomic E-state index is 5.34. The average molecular weight is 171 g/mol. The molecule has 1 N–H and O–H groups in total. The molecule has 0 aliphatic carbocycles. The van der Waals surface area contributed by atoms with Gasteiger partial charge < -0.3 is 10.1 Å². The average Bonchev–Trinajstić information content (AvgIpc) is 2.03. The van der Waals surface area contributed by atoms with Crippen LogP contribution in [-0.4, -0.2) is 25.8 Å². The fourth-order valence-electron chi connectivity index (χ4n) is 1.18. The normalized spacial score (nSPS) is 14.3. The van der Waals surface area contributed by atoms with E-state index in [-0.39, 0.29) is 5.60 Å². The van der Waals surface area contributed by atoms with E-state index in [1.165, 1.54) is 0 Å². The molecule has 0 amide bonds. The Morgan fingerprint density at radius 1 is 1.58 bits per heavy atom. The molecule has 0 rings (SSSR count). The Morgan fingerprint density at radius 3 is 2.50 bits per heavy atom. The maximum atomic E-state index is 5.34. The molecule has 0 aromatic rings. The Labute approximate surface area is 76.0 Å². The van der Waals surface area contributed by atoms with Crippen molar-refractivity contribution in [2.75, 3.05) is 14.2 Å². The van der Waals surface area contributed by atoms with Crippen molar-refractivity contribution in [2.45, 2.75) is 38.3 Å². The summed E-state index contributed by atoms with van der Waals surface area (Å²) in [7, 11) is 3.72. The van der Waals surface area contributed by atoms with E-state index < -0.39 is 0 Å². The molecule has 12 heavy (non-hydrogen) atoms. The van der Waals surface area contributed by atoms with Crippen molar-refractivity contribution in [3.05, 3.63) is 12.7 Å². The molecule has 72 valence electrons. The van der Waals surface area contributed by atoms with Crippen LogP contribution in [0, 0.1) is 0 Å². The molecule has 0 aromatic heterocycles. The predicted molar refractivity (Wildman–Crippen MR) is 53.4 cm³/mol. The lowest BCUT2D eigenvalue weighted by molar-refractivity contribution is 0.00793. The minimum atomic E-state index is -0.0450. The molecular formula is C10H21NO. The SMILES string of the molecule is C=CCC(CC(C)(C)OC)NC. The highest BCUT2D eigenvalue weighted by molar-refractivity contribution is 4.83. The van der Waals surface area contributed by atoms with Crippen LogP contribution < -0.4 is 5.32 Å². The topological polar surface area (TPSA) is 21.3 Å². The molecule has 0 aliphatic heterocycles. The van der Waals surface area contributed by atoms with Crippen LogP contribution in [0.3, 0.4) is 0 Å². The highest BCUT2D eigenvalue weighted by atomic mass is 16.5. The third-order valence-electron chi connectivity index (χ3n) is 2.15. The summed E-state index contributed by atoms with van der Waals surface area (Å²) in [5.41, 5.74) is -0.0450. The van der Waals surface area contributed by atoms with Gasteiger partial charge in [-0.05, 0) is 33.7 Å². The molecule has 0 spiro atoms. The van der Waals surface area contributed by atoms with Crippen LogP contribution in [0.2, 0.25) is 0 Å². The first kappa shape index (κ1) is 11.7. The third-order valence-corrected chi connectivity index (χ3v) is 2.15. The van der Waals surface area contributed by atoms with Gasteiger partial charge in [-0.2, -0.15) is 0 Å². The van der Waals surface area contributed by atoms with Crippen LogP contribution in [0.15, 0.2) is 12.7 Å². The number of ether oxygens (including phenoxy) is 1. The molecule has 0 bridgehead atoms. The van der Waals surface area contributed by atoms with Crippen molar-refractivity contribution < 1.29 is 4.74 Å². The van der Waals surface area contributed by atoms with Crippen molar-refractivity contribution in [3.8, 4) is 0 Å². The smallest absolute Gasteiger partial charge is 0.0637 e. The Hall–Kier alpha value is -0.340. The zero-order valence-electron chi connectivity index (χ0n) is 8.68. The van der Waals surface area contributed by atoms with Crippen LogP contribution >= 0.6 is 0 Å². The standard InChI is InChI=1S/C10H21NO/c1-6-7-9(11-4)8-10(2,3)12-5/h6,9,11H,1,7-8H2,2-5H3. The van der Waals surface area contributed by atoms with Gasteiger partial charge in [-0.3, -0.25) is 0 Å². The summed E-state index contributed by atoms with van der Waals surface area (Å²) in [6.07, 6.45) is 3.93. The van der Waals surface area contributed by atoms with Crippen molar-refractivity contribution in [1.29, 1.82) is 0 Å². The van der Waals surface area contributed by atoms with Gasteiger partial charge in [-0.25, -0.2) is 0 Å². The molecule has 0 aromatic carbocycles. The van der Waals surface area contributed by atoms with Gasteiger partial charge in [-0.1, -0.05) is 6.08 Å². The predicted octanol–water partition coefficient (Wildman–Crippen LogP) is 1.97. The van der Waals surface area contributed by atoms with E-state index in [4.69, 9.17) is 4.74 Å². The van der Waals surface area contributed by atoms with Gasteiger partial charge in [0.1, 0.15) is 0 Å². The molecule has 1 unspecified atom stereocenters. The second-order valence-corrected chi connectivity index (χ2v) is 3.68. The summed E-state index contributed by atoms with van der Waals surface area (Å²) in [5.74, 6) is 0. The third kappa shape index (κ3) is 4.52. The largest absolute Gasteiger partial charge is 0.379 e. The fourth-order valence-corrected chi connectivity index (χ4v) is 1.18. The van der Waals surface area contributed by atoms with E-state index in [0.29, 0.717) is 6.04 Å². The molecule has 0 radical (unpaired) electrons. The van der Waals surface area contributed by atoms with Gasteiger partial charge in [0.05, 0.1) is 5.60 Å². The van der Waals surface area contributed by atoms with Crippen molar-refractivity contribution >= 4 is 0 Å². The monoisotopic (exact) mass is 171 g/mol. The van der Waals surface area contributed by atoms with Crippen molar-refractivity contribution in [3.63, 3.8) is 0 Å². The number of hydrogen-bond donors (Lipinski definition) is 1. The number of nitrogens with one attached hydrogen (secondary N) is 1. The summed E-state index contributed by atoms with van der Waals surface area (Å²) in [6, 6.07) is 0.470. The highest BCUT2D eigenvalue weighted by Crippen LogP contribution is 2.16. The van der Waals surface area contributed by atoms with Crippen LogP contribution in [-0.2, 0) is 4.74 Å². The zero-order chi connectivity index (χ0) is 9.61. The van der Waals surface area contributed by atoms with E-state index in [1.807, 2.05) is 13.1 Å². The van der Waals surface area contributed by atoms with Gasteiger partial charge in [0.25, 0.3) is 0 Å². The molecule has 2 nitrogen and oxygen atoms in total. The summed E-state index contributed by atoms with van der Waals surface area (Å²) in [5, 5.41) is 3.24. The van der Waals surface area contributed by atoms with E-state index >= 15 is 0 Å². The first-order chi connectivity index (χ1) is 5.55. The molecule has 1 atom stereocenters. The van der Waals surface area contributed by atoms with Gasteiger partial charge in [0, 0.05) is 13.2 Å². The van der Waals surface area contributed by atoms with Crippen LogP contribution in [0.5, 0.6) is 0 Å². The number of methoxy groups -OCH3 is 1. The summed E-state index contributed by atoms with van der Waals surface area (Å²) < 4.78 is 5.34. The highest BCUT2D eigenvalue weighted by Gasteiger charge is 2.20. The van der Waals surface area contributed by atoms with Gasteiger partial charge in [0.15, 0.2) is 0 Å². The summed E-state index contributed by atoms with van der Waals surface area (Å²) >= 11 is 0. The van der Waals surface area contributed by atoms with Crippen molar-refractivity contribution in [2.24, 2.45) is 0 Å². The van der Waals surface area contributed by atoms with E-state index in [0.717, 1.165) is 12.8 Å². The molecule has 2 heteroatoms. The molecule has 0 saturated carbocycles. The fraction of sp³-hybridized carbons (Fsp3) is 0.800. The lowest BCUT2D eigenvalue weighted by Gasteiger charge is -2.27. The second-order valence-electron chi connectivity index (χ2n) is 3.68. The summed E-state index contributed by atoms with van der Waals surface area (Å²) in [4.78, 5) is 0. The number of rotatable bonds is 6. The molecule has 0 heterocycles. The van der Waals surface area contributed by atoms with Gasteiger partial charge >= 0.3 is 0 Å². The second kappa shape index (κ2) is 5.33. The Bertz CT molecular complexity index is 132. The van der Waals surface area contributed by atoms with Crippen LogP contribution in [0.4, 0.5) is 0 Å². The van der Waals surface area contributed by atoms with Crippen LogP contribution in [0.1, 0.15) is 26.7 Å². The first-order valence-electron chi connectivity index (χ1n) is 4.39. The zero-order valence-corrected chi connectivity index (χ0v) is 8.68. The molecule has 0 saturated heterocycles. The molecule has 0 fully saturated rings. The van der Waals surface area contributed by atoms with Crippen molar-refractivity contribution in [1.82, 2.24) is 5.32 Å². The Balaban J connectivity index is 3.91. The minimum Gasteiger partial charge on any atom is -0.379 e. The van der Waals surface area contributed by atoms with Gasteiger partial charge in [-0.15, -0.1) is 6.58 Å². The summed E-state index contributed by atoms with van der Waals surface area (Å²) in [6.45, 7) is 7.92.